The van der Waals surface area contributed by atoms with Crippen LogP contribution in [0.15, 0.2) is 46.5 Å². The zero-order valence-corrected chi connectivity index (χ0v) is 12.7. The summed E-state index contributed by atoms with van der Waals surface area (Å²) in [6.07, 6.45) is 4.69. The Labute approximate surface area is 129 Å². The number of allylic oxidation sites excluding steroid dienone is 6. The molecule has 0 saturated carbocycles. The molecule has 2 aliphatic rings. The fourth-order valence-corrected chi connectivity index (χ4v) is 2.66. The third-order valence-corrected chi connectivity index (χ3v) is 3.71. The van der Waals surface area contributed by atoms with Crippen LogP contribution in [0.25, 0.3) is 0 Å². The number of carbonyl (C=O) groups excluding carboxylic acids is 1. The van der Waals surface area contributed by atoms with Gasteiger partial charge < -0.3 is 10.1 Å². The van der Waals surface area contributed by atoms with Crippen molar-refractivity contribution in [2.75, 3.05) is 13.7 Å². The van der Waals surface area contributed by atoms with Gasteiger partial charge in [-0.3, -0.25) is 4.90 Å². The highest BCUT2D eigenvalue weighted by molar-refractivity contribution is 5.70. The minimum absolute atomic E-state index is 0.282. The lowest BCUT2D eigenvalue weighted by Crippen LogP contribution is -2.34. The number of rotatable bonds is 1. The van der Waals surface area contributed by atoms with Crippen LogP contribution in [0, 0.1) is 28.6 Å². The number of nitriles is 2. The smallest absolute Gasteiger partial charge is 0.413 e. The van der Waals surface area contributed by atoms with Gasteiger partial charge in [0.2, 0.25) is 0 Å². The Morgan fingerprint density at radius 2 is 1.91 bits per heavy atom. The fourth-order valence-electron chi connectivity index (χ4n) is 2.66. The van der Waals surface area contributed by atoms with E-state index < -0.39 is 12.0 Å². The number of hydrogen-bond donors (Lipinski definition) is 1. The minimum Gasteiger partial charge on any atom is -0.452 e. The lowest BCUT2D eigenvalue weighted by molar-refractivity contribution is 0.141. The van der Waals surface area contributed by atoms with Crippen LogP contribution in [-0.2, 0) is 4.74 Å². The van der Waals surface area contributed by atoms with Gasteiger partial charge in [0, 0.05) is 17.6 Å². The zero-order valence-electron chi connectivity index (χ0n) is 12.7. The molecule has 2 heterocycles. The standard InChI is InChI=1S/C16H16N4O2/c1-10-13(7-17)15(14(8-18)11(2)19-10)12-5-4-6-20(9-12)16(21)22-3/h4-6,15,19H,9H2,1-3H3. The number of amides is 1. The predicted octanol–water partition coefficient (Wildman–Crippen LogP) is 2.32. The Hall–Kier alpha value is -2.99. The summed E-state index contributed by atoms with van der Waals surface area (Å²) in [4.78, 5) is 13.1. The van der Waals surface area contributed by atoms with Crippen LogP contribution >= 0.6 is 0 Å². The van der Waals surface area contributed by atoms with Gasteiger partial charge in [0.15, 0.2) is 0 Å². The van der Waals surface area contributed by atoms with Gasteiger partial charge in [-0.1, -0.05) is 6.08 Å². The van der Waals surface area contributed by atoms with Crippen molar-refractivity contribution in [3.05, 3.63) is 46.5 Å². The molecule has 0 aromatic rings. The molecule has 0 aromatic carbocycles. The Morgan fingerprint density at radius 3 is 2.41 bits per heavy atom. The van der Waals surface area contributed by atoms with E-state index >= 15 is 0 Å². The van der Waals surface area contributed by atoms with Crippen LogP contribution in [0.4, 0.5) is 4.79 Å². The van der Waals surface area contributed by atoms with Crippen LogP contribution in [0.1, 0.15) is 13.8 Å². The molecule has 22 heavy (non-hydrogen) atoms. The summed E-state index contributed by atoms with van der Waals surface area (Å²) in [6.45, 7) is 3.89. The highest BCUT2D eigenvalue weighted by Crippen LogP contribution is 2.35. The van der Waals surface area contributed by atoms with Crippen LogP contribution in [0.3, 0.4) is 0 Å². The maximum Gasteiger partial charge on any atom is 0.413 e. The van der Waals surface area contributed by atoms with E-state index in [0.717, 1.165) is 17.0 Å². The van der Waals surface area contributed by atoms with Gasteiger partial charge in [0.05, 0.1) is 42.9 Å². The maximum atomic E-state index is 11.7. The minimum atomic E-state index is -0.478. The van der Waals surface area contributed by atoms with Gasteiger partial charge in [-0.25, -0.2) is 4.79 Å². The van der Waals surface area contributed by atoms with Gasteiger partial charge in [-0.05, 0) is 25.5 Å². The number of hydrogen-bond acceptors (Lipinski definition) is 5. The van der Waals surface area contributed by atoms with Crippen LogP contribution in [0.5, 0.6) is 0 Å². The van der Waals surface area contributed by atoms with E-state index in [1.165, 1.54) is 12.0 Å². The molecular weight excluding hydrogens is 280 g/mol. The van der Waals surface area contributed by atoms with Gasteiger partial charge in [-0.2, -0.15) is 10.5 Å². The molecule has 1 N–H and O–H groups in total. The van der Waals surface area contributed by atoms with E-state index in [1.54, 1.807) is 26.1 Å². The fraction of sp³-hybridized carbons (Fsp3) is 0.312. The molecule has 0 unspecified atom stereocenters. The number of methoxy groups -OCH3 is 1. The molecule has 0 radical (unpaired) electrons. The molecule has 0 aromatic heterocycles. The largest absolute Gasteiger partial charge is 0.452 e. The predicted molar refractivity (Wildman–Crippen MR) is 79.6 cm³/mol. The number of dihydropyridines is 1. The summed E-state index contributed by atoms with van der Waals surface area (Å²) in [5, 5.41) is 22.0. The zero-order chi connectivity index (χ0) is 16.3. The molecule has 0 fully saturated rings. The Balaban J connectivity index is 2.44. The Morgan fingerprint density at radius 1 is 1.32 bits per heavy atom. The second-order valence-electron chi connectivity index (χ2n) is 5.04. The number of carbonyl (C=O) groups is 1. The monoisotopic (exact) mass is 296 g/mol. The van der Waals surface area contributed by atoms with Crippen molar-refractivity contribution in [3.63, 3.8) is 0 Å². The van der Waals surface area contributed by atoms with Gasteiger partial charge >= 0.3 is 6.09 Å². The van der Waals surface area contributed by atoms with Crippen molar-refractivity contribution in [1.82, 2.24) is 10.2 Å². The molecule has 6 heteroatoms. The van der Waals surface area contributed by atoms with Crippen molar-refractivity contribution in [2.45, 2.75) is 13.8 Å². The molecule has 2 rings (SSSR count). The SMILES string of the molecule is COC(=O)N1C=CC=C(C2C(C#N)=C(C)NC(C)=C2C#N)C1. The highest BCUT2D eigenvalue weighted by Gasteiger charge is 2.32. The quantitative estimate of drug-likeness (QED) is 0.802. The first-order chi connectivity index (χ1) is 10.5. The molecule has 6 nitrogen and oxygen atoms in total. The van der Waals surface area contributed by atoms with Crippen molar-refractivity contribution >= 4 is 6.09 Å². The number of ether oxygens (including phenoxy) is 1. The van der Waals surface area contributed by atoms with E-state index in [4.69, 9.17) is 4.74 Å². The first kappa shape index (κ1) is 15.4. The van der Waals surface area contributed by atoms with E-state index in [1.807, 2.05) is 6.08 Å². The number of nitrogens with one attached hydrogen (secondary N) is 1. The summed E-state index contributed by atoms with van der Waals surface area (Å²) in [6, 6.07) is 4.35. The van der Waals surface area contributed by atoms with E-state index in [9.17, 15) is 15.3 Å². The molecule has 0 atom stereocenters. The molecule has 0 bridgehead atoms. The molecular formula is C16H16N4O2. The normalized spacial score (nSPS) is 18.4. The van der Waals surface area contributed by atoms with Crippen molar-refractivity contribution < 1.29 is 9.53 Å². The Bertz CT molecular complexity index is 677. The topological polar surface area (TPSA) is 89.2 Å². The van der Waals surface area contributed by atoms with Crippen LogP contribution in [-0.4, -0.2) is 24.6 Å². The first-order valence-electron chi connectivity index (χ1n) is 6.74. The second-order valence-corrected chi connectivity index (χ2v) is 5.04. The van der Waals surface area contributed by atoms with Gasteiger partial charge in [0.1, 0.15) is 0 Å². The maximum absolute atomic E-state index is 11.7. The average molecular weight is 296 g/mol. The van der Waals surface area contributed by atoms with Gasteiger partial charge in [-0.15, -0.1) is 0 Å². The second kappa shape index (κ2) is 6.19. The summed E-state index contributed by atoms with van der Waals surface area (Å²) in [7, 11) is 1.31. The molecule has 0 aliphatic carbocycles. The summed E-state index contributed by atoms with van der Waals surface area (Å²) >= 11 is 0. The van der Waals surface area contributed by atoms with Crippen molar-refractivity contribution in [3.8, 4) is 12.1 Å². The highest BCUT2D eigenvalue weighted by atomic mass is 16.5. The average Bonchev–Trinajstić information content (AvgIpc) is 2.53. The van der Waals surface area contributed by atoms with E-state index in [-0.39, 0.29) is 6.54 Å². The molecule has 112 valence electrons. The third-order valence-electron chi connectivity index (χ3n) is 3.71. The third kappa shape index (κ3) is 2.59. The van der Waals surface area contributed by atoms with Gasteiger partial charge in [0.25, 0.3) is 0 Å². The first-order valence-corrected chi connectivity index (χ1v) is 6.74. The summed E-state index contributed by atoms with van der Waals surface area (Å²) in [5.74, 6) is -0.437. The number of nitrogens with zero attached hydrogens (tertiary/aromatic N) is 3. The molecule has 0 spiro atoms. The summed E-state index contributed by atoms with van der Waals surface area (Å²) in [5.41, 5.74) is 3.25. The molecule has 0 saturated heterocycles. The van der Waals surface area contributed by atoms with Crippen LogP contribution < -0.4 is 5.32 Å². The van der Waals surface area contributed by atoms with E-state index in [2.05, 4.69) is 17.5 Å². The summed E-state index contributed by atoms with van der Waals surface area (Å²) < 4.78 is 4.72. The molecule has 2 aliphatic heterocycles. The lowest BCUT2D eigenvalue weighted by Gasteiger charge is -2.31. The van der Waals surface area contributed by atoms with Crippen LogP contribution in [0.2, 0.25) is 0 Å². The lowest BCUT2D eigenvalue weighted by atomic mass is 9.80. The molecule has 1 amide bonds. The van der Waals surface area contributed by atoms with E-state index in [0.29, 0.717) is 11.1 Å². The Kier molecular flexibility index (Phi) is 4.33. The van der Waals surface area contributed by atoms with Crippen molar-refractivity contribution in [1.29, 1.82) is 10.5 Å². The van der Waals surface area contributed by atoms with Crippen molar-refractivity contribution in [2.24, 2.45) is 5.92 Å².